The quantitative estimate of drug-likeness (QED) is 0.727. The fraction of sp³-hybridized carbons (Fsp3) is 0.917. The van der Waals surface area contributed by atoms with Crippen molar-refractivity contribution in [2.24, 2.45) is 0 Å². The van der Waals surface area contributed by atoms with Crippen LogP contribution in [-0.4, -0.2) is 51.1 Å². The third-order valence-electron chi connectivity index (χ3n) is 3.14. The van der Waals surface area contributed by atoms with Crippen LogP contribution < -0.4 is 10.0 Å². The molecule has 1 aliphatic heterocycles. The molecule has 118 valence electrons. The molecule has 1 fully saturated rings. The monoisotopic (exact) mass is 307 g/mol. The molecule has 1 aliphatic rings. The number of hydrogen-bond donors (Lipinski definition) is 2. The van der Waals surface area contributed by atoms with E-state index in [-0.39, 0.29) is 12.6 Å². The number of nitrogens with zero attached hydrogens (tertiary/aromatic N) is 1. The molecule has 1 saturated heterocycles. The first-order valence-electron chi connectivity index (χ1n) is 7.17. The van der Waals surface area contributed by atoms with E-state index in [2.05, 4.69) is 10.1 Å². The van der Waals surface area contributed by atoms with Crippen LogP contribution in [0.1, 0.15) is 39.5 Å². The molecular formula is C12H25N3O4S. The Kier molecular flexibility index (Phi) is 7.25. The van der Waals surface area contributed by atoms with Crippen LogP contribution >= 0.6 is 0 Å². The van der Waals surface area contributed by atoms with Crippen molar-refractivity contribution in [2.45, 2.75) is 45.6 Å². The fourth-order valence-electron chi connectivity index (χ4n) is 2.22. The van der Waals surface area contributed by atoms with Gasteiger partial charge in [0.2, 0.25) is 0 Å². The maximum Gasteiger partial charge on any atom is 0.421 e. The van der Waals surface area contributed by atoms with Gasteiger partial charge in [0, 0.05) is 19.1 Å². The molecule has 0 aromatic rings. The van der Waals surface area contributed by atoms with E-state index in [1.807, 2.05) is 11.6 Å². The smallest absolute Gasteiger partial charge is 0.421 e. The maximum atomic E-state index is 12.2. The molecule has 20 heavy (non-hydrogen) atoms. The van der Waals surface area contributed by atoms with Crippen molar-refractivity contribution in [1.29, 1.82) is 0 Å². The molecule has 0 aliphatic carbocycles. The summed E-state index contributed by atoms with van der Waals surface area (Å²) in [4.78, 5) is 11.3. The molecule has 0 spiro atoms. The molecule has 1 atom stereocenters. The Morgan fingerprint density at radius 3 is 2.70 bits per heavy atom. The number of hydrogen-bond acceptors (Lipinski definition) is 5. The van der Waals surface area contributed by atoms with Gasteiger partial charge in [-0.1, -0.05) is 13.3 Å². The zero-order valence-corrected chi connectivity index (χ0v) is 13.0. The summed E-state index contributed by atoms with van der Waals surface area (Å²) in [6, 6.07) is 0.147. The summed E-state index contributed by atoms with van der Waals surface area (Å²) in [5.41, 5.74) is 0. The number of amides is 1. The Bertz CT molecular complexity index is 394. The van der Waals surface area contributed by atoms with Gasteiger partial charge in [-0.2, -0.15) is 12.7 Å². The zero-order chi connectivity index (χ0) is 15.0. The van der Waals surface area contributed by atoms with E-state index in [9.17, 15) is 13.2 Å². The van der Waals surface area contributed by atoms with Crippen LogP contribution in [0.15, 0.2) is 0 Å². The second-order valence-electron chi connectivity index (χ2n) is 4.83. The van der Waals surface area contributed by atoms with E-state index < -0.39 is 16.3 Å². The van der Waals surface area contributed by atoms with Gasteiger partial charge >= 0.3 is 16.3 Å². The number of rotatable bonds is 7. The second kappa shape index (κ2) is 8.43. The number of carbonyl (C=O) groups is 1. The predicted octanol–water partition coefficient (Wildman–Crippen LogP) is 0.831. The summed E-state index contributed by atoms with van der Waals surface area (Å²) in [6.45, 7) is 5.34. The average Bonchev–Trinajstić information content (AvgIpc) is 2.39. The molecule has 1 heterocycles. The Morgan fingerprint density at radius 2 is 2.15 bits per heavy atom. The van der Waals surface area contributed by atoms with Crippen molar-refractivity contribution in [2.75, 3.05) is 26.2 Å². The van der Waals surface area contributed by atoms with Crippen LogP contribution in [0.4, 0.5) is 4.79 Å². The molecule has 0 radical (unpaired) electrons. The summed E-state index contributed by atoms with van der Waals surface area (Å²) in [6.07, 6.45) is 2.94. The average molecular weight is 307 g/mol. The lowest BCUT2D eigenvalue weighted by Crippen LogP contribution is -2.50. The molecule has 0 aromatic heterocycles. The van der Waals surface area contributed by atoms with Gasteiger partial charge in [0.05, 0.1) is 6.61 Å². The van der Waals surface area contributed by atoms with Crippen molar-refractivity contribution in [3.05, 3.63) is 0 Å². The molecule has 1 unspecified atom stereocenters. The first-order valence-corrected chi connectivity index (χ1v) is 8.61. The van der Waals surface area contributed by atoms with Gasteiger partial charge in [-0.05, 0) is 32.7 Å². The van der Waals surface area contributed by atoms with E-state index in [1.54, 1.807) is 6.92 Å². The highest BCUT2D eigenvalue weighted by Gasteiger charge is 2.27. The Labute approximate surface area is 121 Å². The molecule has 8 heteroatoms. The minimum atomic E-state index is -3.84. The lowest BCUT2D eigenvalue weighted by atomic mass is 10.1. The minimum Gasteiger partial charge on any atom is -0.449 e. The van der Waals surface area contributed by atoms with Crippen LogP contribution in [0.2, 0.25) is 0 Å². The normalized spacial score (nSPS) is 19.9. The minimum absolute atomic E-state index is 0.138. The Hall–Kier alpha value is -0.860. The summed E-state index contributed by atoms with van der Waals surface area (Å²) >= 11 is 0. The standard InChI is InChI=1S/C12H25N3O4S/c1-3-9-15(10-11-7-5-6-8-13-11)20(17,18)14-12(16)19-4-2/h11,13H,3-10H2,1-2H3,(H,14,16). The van der Waals surface area contributed by atoms with E-state index >= 15 is 0 Å². The SMILES string of the molecule is CCCN(CC1CCCCN1)S(=O)(=O)NC(=O)OCC. The highest BCUT2D eigenvalue weighted by molar-refractivity contribution is 7.87. The van der Waals surface area contributed by atoms with E-state index in [4.69, 9.17) is 0 Å². The third kappa shape index (κ3) is 5.64. The van der Waals surface area contributed by atoms with Gasteiger partial charge in [0.1, 0.15) is 0 Å². The van der Waals surface area contributed by atoms with Gasteiger partial charge in [-0.25, -0.2) is 9.52 Å². The van der Waals surface area contributed by atoms with E-state index in [1.165, 1.54) is 4.31 Å². The van der Waals surface area contributed by atoms with Crippen molar-refractivity contribution in [3.63, 3.8) is 0 Å². The summed E-state index contributed by atoms with van der Waals surface area (Å²) in [5.74, 6) is 0. The van der Waals surface area contributed by atoms with Crippen molar-refractivity contribution in [1.82, 2.24) is 14.3 Å². The Morgan fingerprint density at radius 1 is 1.40 bits per heavy atom. The topological polar surface area (TPSA) is 87.7 Å². The lowest BCUT2D eigenvalue weighted by molar-refractivity contribution is 0.158. The van der Waals surface area contributed by atoms with Crippen LogP contribution in [-0.2, 0) is 14.9 Å². The highest BCUT2D eigenvalue weighted by atomic mass is 32.2. The van der Waals surface area contributed by atoms with Crippen molar-refractivity contribution < 1.29 is 17.9 Å². The summed E-state index contributed by atoms with van der Waals surface area (Å²) in [7, 11) is -3.84. The van der Waals surface area contributed by atoms with Crippen molar-refractivity contribution >= 4 is 16.3 Å². The van der Waals surface area contributed by atoms with Gasteiger partial charge in [-0.3, -0.25) is 0 Å². The molecule has 7 nitrogen and oxygen atoms in total. The van der Waals surface area contributed by atoms with E-state index in [0.29, 0.717) is 19.5 Å². The maximum absolute atomic E-state index is 12.2. The first kappa shape index (κ1) is 17.2. The van der Waals surface area contributed by atoms with Crippen LogP contribution in [0.3, 0.4) is 0 Å². The van der Waals surface area contributed by atoms with Gasteiger partial charge in [-0.15, -0.1) is 0 Å². The van der Waals surface area contributed by atoms with Gasteiger partial charge in [0.15, 0.2) is 0 Å². The zero-order valence-electron chi connectivity index (χ0n) is 12.2. The Balaban J connectivity index is 2.64. The fourth-order valence-corrected chi connectivity index (χ4v) is 3.41. The van der Waals surface area contributed by atoms with Crippen LogP contribution in [0, 0.1) is 0 Å². The number of carbonyl (C=O) groups excluding carboxylic acids is 1. The van der Waals surface area contributed by atoms with Gasteiger partial charge in [0.25, 0.3) is 0 Å². The summed E-state index contributed by atoms with van der Waals surface area (Å²) < 4.78 is 32.2. The lowest BCUT2D eigenvalue weighted by Gasteiger charge is -2.29. The number of nitrogens with one attached hydrogen (secondary N) is 2. The molecule has 2 N–H and O–H groups in total. The van der Waals surface area contributed by atoms with Crippen LogP contribution in [0.25, 0.3) is 0 Å². The molecule has 1 amide bonds. The number of piperidine rings is 1. The molecule has 0 bridgehead atoms. The van der Waals surface area contributed by atoms with Crippen LogP contribution in [0.5, 0.6) is 0 Å². The van der Waals surface area contributed by atoms with Gasteiger partial charge < -0.3 is 10.1 Å². The highest BCUT2D eigenvalue weighted by Crippen LogP contribution is 2.11. The molecule has 0 aromatic carbocycles. The van der Waals surface area contributed by atoms with Crippen molar-refractivity contribution in [3.8, 4) is 0 Å². The molecule has 0 saturated carbocycles. The molecule has 1 rings (SSSR count). The molecular weight excluding hydrogens is 282 g/mol. The summed E-state index contributed by atoms with van der Waals surface area (Å²) in [5, 5.41) is 3.31. The second-order valence-corrected chi connectivity index (χ2v) is 6.50. The largest absolute Gasteiger partial charge is 0.449 e. The third-order valence-corrected chi connectivity index (χ3v) is 4.57. The number of ether oxygens (including phenoxy) is 1. The van der Waals surface area contributed by atoms with E-state index in [0.717, 1.165) is 25.8 Å². The first-order chi connectivity index (χ1) is 9.49. The predicted molar refractivity (Wildman–Crippen MR) is 76.6 cm³/mol.